The number of nitrogens with zero attached hydrogens (tertiary/aromatic N) is 4. The van der Waals surface area contributed by atoms with Crippen molar-refractivity contribution in [2.24, 2.45) is 7.05 Å². The second-order valence-corrected chi connectivity index (χ2v) is 12.2. The van der Waals surface area contributed by atoms with Crippen LogP contribution >= 0.6 is 11.6 Å². The van der Waals surface area contributed by atoms with Crippen molar-refractivity contribution in [3.8, 4) is 11.3 Å². The average molecular weight is 613 g/mol. The van der Waals surface area contributed by atoms with Crippen LogP contribution in [0.15, 0.2) is 73.1 Å². The molecule has 2 amide bonds. The van der Waals surface area contributed by atoms with E-state index in [9.17, 15) is 9.59 Å². The van der Waals surface area contributed by atoms with E-state index >= 15 is 0 Å². The van der Waals surface area contributed by atoms with Gasteiger partial charge in [0.15, 0.2) is 0 Å². The van der Waals surface area contributed by atoms with Crippen molar-refractivity contribution in [1.82, 2.24) is 19.7 Å². The Hall–Kier alpha value is -4.17. The van der Waals surface area contributed by atoms with Crippen LogP contribution in [-0.2, 0) is 7.05 Å². The first-order valence-electron chi connectivity index (χ1n) is 15.5. The van der Waals surface area contributed by atoms with E-state index in [0.29, 0.717) is 46.7 Å². The third-order valence-electron chi connectivity index (χ3n) is 8.20. The largest absolute Gasteiger partial charge is 0.368 e. The standard InChI is InChI=1S/C31H33ClN6O2.C4H8/c1-20(2)35-29-11-9-25(19-33-29)30(39)36-27-18-24(8-10-26(27)32)31(40)38-16-13-22(14-17-38)21-4-6-23(7-5-21)28-12-15-34-37(28)3;1-2-4-3-1/h4-12,15,18-20,22H,13-14,16-17H2,1-3H3,(H,33,35)(H,36,39);1-4H2. The number of aromatic nitrogens is 3. The van der Waals surface area contributed by atoms with Gasteiger partial charge < -0.3 is 15.5 Å². The Labute approximate surface area is 264 Å². The number of halogens is 1. The predicted molar refractivity (Wildman–Crippen MR) is 177 cm³/mol. The van der Waals surface area contributed by atoms with E-state index in [1.54, 1.807) is 36.5 Å². The fourth-order valence-corrected chi connectivity index (χ4v) is 5.45. The molecule has 1 saturated carbocycles. The molecule has 230 valence electrons. The Bertz CT molecular complexity index is 1550. The highest BCUT2D eigenvalue weighted by Crippen LogP contribution is 2.31. The minimum atomic E-state index is -0.342. The topological polar surface area (TPSA) is 92.2 Å². The van der Waals surface area contributed by atoms with Gasteiger partial charge in [-0.3, -0.25) is 14.3 Å². The SMILES string of the molecule is C1CCC1.CC(C)Nc1ccc(C(=O)Nc2cc(C(=O)N3CCC(c4ccc(-c5ccnn5C)cc4)CC3)ccc2Cl)cn1. The van der Waals surface area contributed by atoms with Crippen LogP contribution in [0.25, 0.3) is 11.3 Å². The number of pyridine rings is 1. The molecule has 9 heteroatoms. The van der Waals surface area contributed by atoms with E-state index in [0.717, 1.165) is 24.1 Å². The van der Waals surface area contributed by atoms with Gasteiger partial charge in [0.1, 0.15) is 5.82 Å². The van der Waals surface area contributed by atoms with Crippen molar-refractivity contribution in [2.75, 3.05) is 23.7 Å². The Morgan fingerprint density at radius 1 is 0.909 bits per heavy atom. The van der Waals surface area contributed by atoms with Crippen molar-refractivity contribution in [2.45, 2.75) is 64.3 Å². The first kappa shape index (κ1) is 31.3. The number of rotatable bonds is 7. The van der Waals surface area contributed by atoms with Gasteiger partial charge in [-0.15, -0.1) is 0 Å². The van der Waals surface area contributed by atoms with E-state index < -0.39 is 0 Å². The molecule has 2 N–H and O–H groups in total. The summed E-state index contributed by atoms with van der Waals surface area (Å²) < 4.78 is 1.87. The van der Waals surface area contributed by atoms with Crippen LogP contribution in [0, 0.1) is 0 Å². The van der Waals surface area contributed by atoms with Gasteiger partial charge in [0.05, 0.1) is 22.0 Å². The van der Waals surface area contributed by atoms with Gasteiger partial charge >= 0.3 is 0 Å². The zero-order chi connectivity index (χ0) is 31.1. The van der Waals surface area contributed by atoms with E-state index in [1.165, 1.54) is 37.4 Å². The lowest BCUT2D eigenvalue weighted by molar-refractivity contribution is 0.0712. The molecule has 0 radical (unpaired) electrons. The minimum absolute atomic E-state index is 0.0667. The molecule has 3 heterocycles. The Kier molecular flexibility index (Phi) is 10.3. The summed E-state index contributed by atoms with van der Waals surface area (Å²) in [4.78, 5) is 32.3. The fraction of sp³-hybridized carbons (Fsp3) is 0.371. The lowest BCUT2D eigenvalue weighted by atomic mass is 9.88. The average Bonchev–Trinajstić information content (AvgIpc) is 3.43. The number of nitrogens with one attached hydrogen (secondary N) is 2. The van der Waals surface area contributed by atoms with E-state index in [1.807, 2.05) is 36.5 Å². The van der Waals surface area contributed by atoms with Crippen LogP contribution < -0.4 is 10.6 Å². The number of likely N-dealkylation sites (tertiary alicyclic amines) is 1. The number of hydrogen-bond acceptors (Lipinski definition) is 5. The normalized spacial score (nSPS) is 14.8. The first-order chi connectivity index (χ1) is 21.3. The second-order valence-electron chi connectivity index (χ2n) is 11.8. The number of anilines is 2. The lowest BCUT2D eigenvalue weighted by Gasteiger charge is -2.32. The van der Waals surface area contributed by atoms with Crippen LogP contribution in [0.5, 0.6) is 0 Å². The first-order valence-corrected chi connectivity index (χ1v) is 15.9. The molecular formula is C35H41ClN6O2. The maximum atomic E-state index is 13.3. The summed E-state index contributed by atoms with van der Waals surface area (Å²) >= 11 is 6.37. The van der Waals surface area contributed by atoms with Gasteiger partial charge in [-0.25, -0.2) is 4.98 Å². The van der Waals surface area contributed by atoms with Crippen LogP contribution in [0.3, 0.4) is 0 Å². The number of carbonyl (C=O) groups excluding carboxylic acids is 2. The van der Waals surface area contributed by atoms with Crippen molar-refractivity contribution in [3.63, 3.8) is 0 Å². The molecule has 2 aliphatic rings. The van der Waals surface area contributed by atoms with Crippen molar-refractivity contribution < 1.29 is 9.59 Å². The molecule has 2 aromatic heterocycles. The summed E-state index contributed by atoms with van der Waals surface area (Å²) in [6, 6.07) is 19.3. The lowest BCUT2D eigenvalue weighted by Crippen LogP contribution is -2.38. The number of carbonyl (C=O) groups is 2. The zero-order valence-electron chi connectivity index (χ0n) is 25.7. The molecule has 0 atom stereocenters. The number of benzene rings is 2. The molecule has 44 heavy (non-hydrogen) atoms. The number of amides is 2. The van der Waals surface area contributed by atoms with Gasteiger partial charge in [-0.05, 0) is 80.1 Å². The van der Waals surface area contributed by atoms with Crippen molar-refractivity contribution in [3.05, 3.63) is 94.8 Å². The molecule has 2 aromatic carbocycles. The molecule has 0 unspecified atom stereocenters. The van der Waals surface area contributed by atoms with E-state index in [2.05, 4.69) is 45.0 Å². The second kappa shape index (κ2) is 14.5. The number of hydrogen-bond donors (Lipinski definition) is 2. The Morgan fingerprint density at radius 2 is 1.59 bits per heavy atom. The molecule has 0 bridgehead atoms. The molecule has 1 aliphatic carbocycles. The van der Waals surface area contributed by atoms with Gasteiger partial charge in [0.2, 0.25) is 0 Å². The molecule has 1 saturated heterocycles. The van der Waals surface area contributed by atoms with E-state index in [4.69, 9.17) is 11.6 Å². The summed E-state index contributed by atoms with van der Waals surface area (Å²) in [5, 5.41) is 10.6. The van der Waals surface area contributed by atoms with Crippen LogP contribution in [0.4, 0.5) is 11.5 Å². The number of aryl methyl sites for hydroxylation is 1. The molecule has 1 aliphatic heterocycles. The molecule has 4 aromatic rings. The maximum absolute atomic E-state index is 13.3. The molecular weight excluding hydrogens is 572 g/mol. The predicted octanol–water partition coefficient (Wildman–Crippen LogP) is 7.79. The highest BCUT2D eigenvalue weighted by molar-refractivity contribution is 6.34. The number of piperidine rings is 1. The Balaban J connectivity index is 0.000000888. The highest BCUT2D eigenvalue weighted by atomic mass is 35.5. The van der Waals surface area contributed by atoms with Gasteiger partial charge in [-0.1, -0.05) is 61.5 Å². The molecule has 2 fully saturated rings. The summed E-state index contributed by atoms with van der Waals surface area (Å²) in [5.74, 6) is 0.691. The zero-order valence-corrected chi connectivity index (χ0v) is 26.5. The summed E-state index contributed by atoms with van der Waals surface area (Å²) in [6.45, 7) is 5.37. The van der Waals surface area contributed by atoms with Crippen molar-refractivity contribution >= 4 is 34.9 Å². The minimum Gasteiger partial charge on any atom is -0.368 e. The maximum Gasteiger partial charge on any atom is 0.257 e. The Morgan fingerprint density at radius 3 is 2.16 bits per heavy atom. The monoisotopic (exact) mass is 612 g/mol. The third-order valence-corrected chi connectivity index (χ3v) is 8.53. The fourth-order valence-electron chi connectivity index (χ4n) is 5.29. The van der Waals surface area contributed by atoms with Crippen LogP contribution in [-0.4, -0.2) is 50.6 Å². The quantitative estimate of drug-likeness (QED) is 0.222. The smallest absolute Gasteiger partial charge is 0.257 e. The van der Waals surface area contributed by atoms with Gasteiger partial charge in [0.25, 0.3) is 11.8 Å². The molecule has 6 rings (SSSR count). The van der Waals surface area contributed by atoms with Crippen LogP contribution in [0.1, 0.15) is 84.6 Å². The van der Waals surface area contributed by atoms with Crippen LogP contribution in [0.2, 0.25) is 5.02 Å². The summed E-state index contributed by atoms with van der Waals surface area (Å²) in [5.41, 5.74) is 4.80. The summed E-state index contributed by atoms with van der Waals surface area (Å²) in [7, 11) is 1.94. The van der Waals surface area contributed by atoms with Gasteiger partial charge in [-0.2, -0.15) is 5.10 Å². The van der Waals surface area contributed by atoms with Gasteiger partial charge in [0, 0.05) is 44.1 Å². The highest BCUT2D eigenvalue weighted by Gasteiger charge is 2.25. The molecule has 8 nitrogen and oxygen atoms in total. The van der Waals surface area contributed by atoms with E-state index in [-0.39, 0.29) is 17.9 Å². The van der Waals surface area contributed by atoms with Crippen molar-refractivity contribution in [1.29, 1.82) is 0 Å². The third kappa shape index (κ3) is 7.85. The molecule has 0 spiro atoms. The summed E-state index contributed by atoms with van der Waals surface area (Å²) in [6.07, 6.45) is 11.1.